The molecule has 0 N–H and O–H groups in total. The van der Waals surface area contributed by atoms with E-state index in [1.54, 1.807) is 0 Å². The van der Waals surface area contributed by atoms with Gasteiger partial charge < -0.3 is 4.90 Å². The van der Waals surface area contributed by atoms with Crippen LogP contribution >= 0.6 is 0 Å². The average Bonchev–Trinajstić information content (AvgIpc) is 2.75. The van der Waals surface area contributed by atoms with E-state index in [0.717, 1.165) is 25.0 Å². The molecular weight excluding hydrogens is 210 g/mol. The zero-order valence-electron chi connectivity index (χ0n) is 9.93. The second-order valence-corrected chi connectivity index (χ2v) is 4.43. The number of nitrogens with zero attached hydrogens (tertiary/aromatic N) is 3. The van der Waals surface area contributed by atoms with Crippen molar-refractivity contribution in [1.29, 1.82) is 0 Å². The molecule has 3 rings (SSSR count). The van der Waals surface area contributed by atoms with Gasteiger partial charge in [0.1, 0.15) is 5.84 Å². The number of aliphatic imine (C=N–C) groups is 1. The van der Waals surface area contributed by atoms with Crippen molar-refractivity contribution < 1.29 is 0 Å². The van der Waals surface area contributed by atoms with Gasteiger partial charge in [0.2, 0.25) is 0 Å². The molecule has 86 valence electrons. The summed E-state index contributed by atoms with van der Waals surface area (Å²) in [5.41, 5.74) is 2.29. The van der Waals surface area contributed by atoms with Gasteiger partial charge in [-0.1, -0.05) is 18.2 Å². The third kappa shape index (κ3) is 2.00. The Morgan fingerprint density at radius 1 is 1.29 bits per heavy atom. The highest BCUT2D eigenvalue weighted by Crippen LogP contribution is 2.14. The maximum Gasteiger partial charge on any atom is 0.103 e. The molecule has 1 aromatic carbocycles. The van der Waals surface area contributed by atoms with E-state index in [1.165, 1.54) is 16.8 Å². The van der Waals surface area contributed by atoms with Crippen molar-refractivity contribution in [3.05, 3.63) is 42.1 Å². The van der Waals surface area contributed by atoms with Crippen LogP contribution in [0.4, 0.5) is 0 Å². The van der Waals surface area contributed by atoms with E-state index in [0.29, 0.717) is 0 Å². The lowest BCUT2D eigenvalue weighted by Gasteiger charge is -2.13. The van der Waals surface area contributed by atoms with E-state index in [2.05, 4.69) is 34.1 Å². The summed E-state index contributed by atoms with van der Waals surface area (Å²) in [5.74, 6) is 1.17. The van der Waals surface area contributed by atoms with Crippen LogP contribution in [-0.2, 0) is 6.42 Å². The lowest BCUT2D eigenvalue weighted by molar-refractivity contribution is 0.548. The number of para-hydroxylation sites is 1. The van der Waals surface area contributed by atoms with E-state index in [9.17, 15) is 0 Å². The Morgan fingerprint density at radius 3 is 3.00 bits per heavy atom. The zero-order valence-corrected chi connectivity index (χ0v) is 9.93. The maximum absolute atomic E-state index is 4.51. The van der Waals surface area contributed by atoms with Gasteiger partial charge in [-0.2, -0.15) is 0 Å². The van der Waals surface area contributed by atoms with Crippen molar-refractivity contribution >= 4 is 16.7 Å². The van der Waals surface area contributed by atoms with E-state index in [1.807, 2.05) is 24.4 Å². The van der Waals surface area contributed by atoms with Crippen LogP contribution in [-0.4, -0.2) is 35.9 Å². The number of likely N-dealkylation sites (N-methyl/N-ethyl adjacent to an activating group) is 1. The van der Waals surface area contributed by atoms with E-state index >= 15 is 0 Å². The topological polar surface area (TPSA) is 28.5 Å². The quantitative estimate of drug-likeness (QED) is 0.783. The average molecular weight is 225 g/mol. The number of hydrogen-bond donors (Lipinski definition) is 0. The van der Waals surface area contributed by atoms with Gasteiger partial charge in [-0.3, -0.25) is 9.98 Å². The number of pyridine rings is 1. The number of benzene rings is 1. The van der Waals surface area contributed by atoms with Crippen molar-refractivity contribution in [3.63, 3.8) is 0 Å². The molecule has 3 heteroatoms. The first kappa shape index (κ1) is 10.3. The Balaban J connectivity index is 1.91. The van der Waals surface area contributed by atoms with E-state index in [4.69, 9.17) is 0 Å². The second kappa shape index (κ2) is 4.17. The largest absolute Gasteiger partial charge is 0.361 e. The third-order valence-corrected chi connectivity index (χ3v) is 3.18. The predicted octanol–water partition coefficient (Wildman–Crippen LogP) is 2.12. The fourth-order valence-electron chi connectivity index (χ4n) is 2.17. The molecule has 1 aliphatic rings. The van der Waals surface area contributed by atoms with Gasteiger partial charge >= 0.3 is 0 Å². The molecule has 0 atom stereocenters. The van der Waals surface area contributed by atoms with Crippen LogP contribution in [0.5, 0.6) is 0 Å². The molecule has 1 aliphatic heterocycles. The predicted molar refractivity (Wildman–Crippen MR) is 70.4 cm³/mol. The number of fused-ring (bicyclic) bond motifs is 1. The monoisotopic (exact) mass is 225 g/mol. The van der Waals surface area contributed by atoms with Crippen LogP contribution in [0.25, 0.3) is 10.9 Å². The Bertz CT molecular complexity index is 574. The van der Waals surface area contributed by atoms with Crippen molar-refractivity contribution in [3.8, 4) is 0 Å². The van der Waals surface area contributed by atoms with Gasteiger partial charge in [-0.15, -0.1) is 0 Å². The highest BCUT2D eigenvalue weighted by molar-refractivity contribution is 5.87. The molecule has 0 fully saturated rings. The first-order valence-corrected chi connectivity index (χ1v) is 5.91. The summed E-state index contributed by atoms with van der Waals surface area (Å²) in [6.07, 6.45) is 2.84. The number of aromatic nitrogens is 1. The van der Waals surface area contributed by atoms with Crippen molar-refractivity contribution in [2.45, 2.75) is 6.42 Å². The SMILES string of the molecule is CN1CCN=C1Cc1cnc2ccccc2c1. The Kier molecular flexibility index (Phi) is 2.52. The summed E-state index contributed by atoms with van der Waals surface area (Å²) >= 11 is 0. The minimum Gasteiger partial charge on any atom is -0.361 e. The van der Waals surface area contributed by atoms with Crippen molar-refractivity contribution in [2.75, 3.05) is 20.1 Å². The molecule has 0 bridgehead atoms. The summed E-state index contributed by atoms with van der Waals surface area (Å²) in [6, 6.07) is 10.4. The minimum absolute atomic E-state index is 0.883. The molecule has 0 unspecified atom stereocenters. The van der Waals surface area contributed by atoms with Gasteiger partial charge in [-0.05, 0) is 17.7 Å². The van der Waals surface area contributed by atoms with Crippen LogP contribution in [0.15, 0.2) is 41.5 Å². The van der Waals surface area contributed by atoms with E-state index in [-0.39, 0.29) is 0 Å². The minimum atomic E-state index is 0.883. The molecular formula is C14H15N3. The normalized spacial score (nSPS) is 15.4. The van der Waals surface area contributed by atoms with Crippen LogP contribution in [0, 0.1) is 0 Å². The fourth-order valence-corrected chi connectivity index (χ4v) is 2.17. The molecule has 0 radical (unpaired) electrons. The lowest BCUT2D eigenvalue weighted by Crippen LogP contribution is -2.24. The molecule has 17 heavy (non-hydrogen) atoms. The highest BCUT2D eigenvalue weighted by Gasteiger charge is 2.12. The first-order valence-electron chi connectivity index (χ1n) is 5.91. The molecule has 2 heterocycles. The molecule has 0 amide bonds. The van der Waals surface area contributed by atoms with Crippen LogP contribution in [0.3, 0.4) is 0 Å². The second-order valence-electron chi connectivity index (χ2n) is 4.43. The van der Waals surface area contributed by atoms with Gasteiger partial charge in [0.15, 0.2) is 0 Å². The number of rotatable bonds is 2. The maximum atomic E-state index is 4.51. The first-order chi connectivity index (χ1) is 8.33. The highest BCUT2D eigenvalue weighted by atomic mass is 15.2. The van der Waals surface area contributed by atoms with E-state index < -0.39 is 0 Å². The lowest BCUT2D eigenvalue weighted by atomic mass is 10.1. The molecule has 1 aromatic heterocycles. The molecule has 0 saturated carbocycles. The Labute approximate surface area is 101 Å². The molecule has 0 spiro atoms. The standard InChI is InChI=1S/C14H15N3/c1-17-7-6-15-14(17)9-11-8-12-4-2-3-5-13(12)16-10-11/h2-5,8,10H,6-7,9H2,1H3. The summed E-state index contributed by atoms with van der Waals surface area (Å²) < 4.78 is 0. The van der Waals surface area contributed by atoms with Crippen LogP contribution in [0.2, 0.25) is 0 Å². The zero-order chi connectivity index (χ0) is 11.7. The van der Waals surface area contributed by atoms with Gasteiger partial charge in [0.05, 0.1) is 12.1 Å². The summed E-state index contributed by atoms with van der Waals surface area (Å²) in [5, 5.41) is 1.20. The number of amidine groups is 1. The third-order valence-electron chi connectivity index (χ3n) is 3.18. The molecule has 0 aliphatic carbocycles. The fraction of sp³-hybridized carbons (Fsp3) is 0.286. The van der Waals surface area contributed by atoms with Gasteiger partial charge in [0.25, 0.3) is 0 Å². The van der Waals surface area contributed by atoms with Crippen LogP contribution < -0.4 is 0 Å². The molecule has 2 aromatic rings. The number of hydrogen-bond acceptors (Lipinski definition) is 3. The summed E-state index contributed by atoms with van der Waals surface area (Å²) in [7, 11) is 2.10. The van der Waals surface area contributed by atoms with Gasteiger partial charge in [-0.25, -0.2) is 0 Å². The Morgan fingerprint density at radius 2 is 2.18 bits per heavy atom. The van der Waals surface area contributed by atoms with Gasteiger partial charge in [0, 0.05) is 31.6 Å². The summed E-state index contributed by atoms with van der Waals surface area (Å²) in [4.78, 5) is 11.2. The smallest absolute Gasteiger partial charge is 0.103 e. The van der Waals surface area contributed by atoms with Crippen molar-refractivity contribution in [2.24, 2.45) is 4.99 Å². The Hall–Kier alpha value is -1.90. The van der Waals surface area contributed by atoms with Crippen molar-refractivity contribution in [1.82, 2.24) is 9.88 Å². The molecule has 0 saturated heterocycles. The summed E-state index contributed by atoms with van der Waals surface area (Å²) in [6.45, 7) is 1.96. The van der Waals surface area contributed by atoms with Crippen LogP contribution in [0.1, 0.15) is 5.56 Å². The molecule has 3 nitrogen and oxygen atoms in total.